The highest BCUT2D eigenvalue weighted by Gasteiger charge is 2.15. The van der Waals surface area contributed by atoms with Gasteiger partial charge in [-0.25, -0.2) is 4.98 Å². The first-order valence-electron chi connectivity index (χ1n) is 5.44. The molecule has 16 heavy (non-hydrogen) atoms. The summed E-state index contributed by atoms with van der Waals surface area (Å²) in [5.74, 6) is 0.898. The molecule has 0 saturated carbocycles. The van der Waals surface area contributed by atoms with Crippen LogP contribution in [0.25, 0.3) is 10.9 Å². The molecule has 0 unspecified atom stereocenters. The molecule has 84 valence electrons. The van der Waals surface area contributed by atoms with Crippen LogP contribution in [0.2, 0.25) is 4.34 Å². The molecule has 0 radical (unpaired) electrons. The summed E-state index contributed by atoms with van der Waals surface area (Å²) in [4.78, 5) is 16.7. The van der Waals surface area contributed by atoms with Gasteiger partial charge in [-0.3, -0.25) is 9.36 Å². The zero-order valence-electron chi connectivity index (χ0n) is 8.70. The Kier molecular flexibility index (Phi) is 2.48. The smallest absolute Gasteiger partial charge is 0.262 e. The molecule has 0 atom stereocenters. The van der Waals surface area contributed by atoms with Crippen LogP contribution in [-0.2, 0) is 13.0 Å². The van der Waals surface area contributed by atoms with E-state index in [9.17, 15) is 4.79 Å². The number of fused-ring (bicyclic) bond motifs is 2. The van der Waals surface area contributed by atoms with Gasteiger partial charge in [0.15, 0.2) is 0 Å². The maximum absolute atomic E-state index is 12.2. The third-order valence-corrected chi connectivity index (χ3v) is 4.23. The lowest BCUT2D eigenvalue weighted by Gasteiger charge is -2.07. The number of aryl methyl sites for hydroxylation is 1. The van der Waals surface area contributed by atoms with Gasteiger partial charge in [0.2, 0.25) is 0 Å². The lowest BCUT2D eigenvalue weighted by atomic mass is 10.2. The quantitative estimate of drug-likeness (QED) is 0.725. The van der Waals surface area contributed by atoms with E-state index in [1.165, 1.54) is 17.8 Å². The number of aromatic nitrogens is 2. The molecule has 0 spiro atoms. The number of rotatable bonds is 0. The molecule has 3 rings (SSSR count). The number of halogens is 1. The molecular weight excluding hydrogens is 244 g/mol. The van der Waals surface area contributed by atoms with Gasteiger partial charge >= 0.3 is 0 Å². The van der Waals surface area contributed by atoms with E-state index in [1.54, 1.807) is 0 Å². The van der Waals surface area contributed by atoms with Gasteiger partial charge < -0.3 is 0 Å². The Morgan fingerprint density at radius 1 is 1.38 bits per heavy atom. The van der Waals surface area contributed by atoms with E-state index in [0.717, 1.165) is 31.6 Å². The normalized spacial score (nSPS) is 16.1. The predicted octanol–water partition coefficient (Wildman–Crippen LogP) is 2.84. The number of nitrogens with zero attached hydrogens (tertiary/aromatic N) is 2. The first kappa shape index (κ1) is 10.3. The first-order chi connectivity index (χ1) is 7.77. The molecule has 0 aromatic carbocycles. The zero-order chi connectivity index (χ0) is 11.1. The second-order valence-electron chi connectivity index (χ2n) is 4.07. The van der Waals surface area contributed by atoms with Gasteiger partial charge in [0.25, 0.3) is 5.56 Å². The Morgan fingerprint density at radius 2 is 2.25 bits per heavy atom. The van der Waals surface area contributed by atoms with Crippen LogP contribution in [0.4, 0.5) is 0 Å². The standard InChI is InChI=1S/C11H11ClN2OS/c12-10-9-7(6-16-10)11(15)14-5-3-1-2-4-8(14)13-9/h6H,1-5H2. The summed E-state index contributed by atoms with van der Waals surface area (Å²) in [6.07, 6.45) is 4.23. The molecular formula is C11H11ClN2OS. The third-order valence-electron chi connectivity index (χ3n) is 3.03. The van der Waals surface area contributed by atoms with Crippen LogP contribution in [-0.4, -0.2) is 9.55 Å². The molecule has 0 amide bonds. The highest BCUT2D eigenvalue weighted by atomic mass is 35.5. The average Bonchev–Trinajstić information content (AvgIpc) is 2.52. The van der Waals surface area contributed by atoms with Crippen LogP contribution in [0.5, 0.6) is 0 Å². The van der Waals surface area contributed by atoms with E-state index in [0.29, 0.717) is 15.2 Å². The van der Waals surface area contributed by atoms with Crippen molar-refractivity contribution in [3.05, 3.63) is 25.9 Å². The minimum atomic E-state index is 0.0741. The lowest BCUT2D eigenvalue weighted by molar-refractivity contribution is 0.614. The summed E-state index contributed by atoms with van der Waals surface area (Å²) in [6.45, 7) is 0.796. The summed E-state index contributed by atoms with van der Waals surface area (Å²) in [5, 5.41) is 2.48. The van der Waals surface area contributed by atoms with E-state index < -0.39 is 0 Å². The van der Waals surface area contributed by atoms with Gasteiger partial charge in [-0.05, 0) is 12.8 Å². The van der Waals surface area contributed by atoms with E-state index in [-0.39, 0.29) is 5.56 Å². The van der Waals surface area contributed by atoms with Crippen LogP contribution in [0.15, 0.2) is 10.2 Å². The SMILES string of the molecule is O=c1c2csc(Cl)c2nc2n1CCCCC2. The van der Waals surface area contributed by atoms with Gasteiger partial charge in [-0.15, -0.1) is 11.3 Å². The summed E-state index contributed by atoms with van der Waals surface area (Å²) < 4.78 is 2.44. The third kappa shape index (κ3) is 1.48. The second-order valence-corrected chi connectivity index (χ2v) is 5.55. The maximum Gasteiger partial charge on any atom is 0.262 e. The Labute approximate surface area is 102 Å². The maximum atomic E-state index is 12.2. The molecule has 1 aliphatic heterocycles. The number of thiophene rings is 1. The van der Waals surface area contributed by atoms with Crippen LogP contribution in [0.1, 0.15) is 25.1 Å². The van der Waals surface area contributed by atoms with Crippen molar-refractivity contribution in [1.29, 1.82) is 0 Å². The molecule has 5 heteroatoms. The topological polar surface area (TPSA) is 34.9 Å². The van der Waals surface area contributed by atoms with Crippen molar-refractivity contribution in [3.63, 3.8) is 0 Å². The fraction of sp³-hybridized carbons (Fsp3) is 0.455. The van der Waals surface area contributed by atoms with Crippen molar-refractivity contribution in [2.75, 3.05) is 0 Å². The van der Waals surface area contributed by atoms with Gasteiger partial charge in [0.1, 0.15) is 15.7 Å². The van der Waals surface area contributed by atoms with Crippen molar-refractivity contribution in [3.8, 4) is 0 Å². The van der Waals surface area contributed by atoms with Crippen molar-refractivity contribution in [2.24, 2.45) is 0 Å². The molecule has 2 aromatic rings. The molecule has 3 heterocycles. The molecule has 2 aromatic heterocycles. The number of hydrogen-bond acceptors (Lipinski definition) is 3. The van der Waals surface area contributed by atoms with E-state index >= 15 is 0 Å². The molecule has 0 N–H and O–H groups in total. The number of hydrogen-bond donors (Lipinski definition) is 0. The Balaban J connectivity index is 2.35. The van der Waals surface area contributed by atoms with Gasteiger partial charge in [-0.2, -0.15) is 0 Å². The monoisotopic (exact) mass is 254 g/mol. The minimum Gasteiger partial charge on any atom is -0.296 e. The van der Waals surface area contributed by atoms with Crippen molar-refractivity contribution in [2.45, 2.75) is 32.2 Å². The molecule has 0 aliphatic carbocycles. The first-order valence-corrected chi connectivity index (χ1v) is 6.69. The molecule has 0 fully saturated rings. The lowest BCUT2D eigenvalue weighted by Crippen LogP contribution is -2.23. The van der Waals surface area contributed by atoms with E-state index in [4.69, 9.17) is 11.6 Å². The summed E-state index contributed by atoms with van der Waals surface area (Å²) in [5.41, 5.74) is 0.759. The zero-order valence-corrected chi connectivity index (χ0v) is 10.3. The van der Waals surface area contributed by atoms with Crippen LogP contribution in [0.3, 0.4) is 0 Å². The average molecular weight is 255 g/mol. The van der Waals surface area contributed by atoms with E-state index in [2.05, 4.69) is 4.98 Å². The molecule has 3 nitrogen and oxygen atoms in total. The molecule has 1 aliphatic rings. The van der Waals surface area contributed by atoms with Crippen LogP contribution < -0.4 is 5.56 Å². The fourth-order valence-electron chi connectivity index (χ4n) is 2.19. The van der Waals surface area contributed by atoms with Gasteiger partial charge in [-0.1, -0.05) is 18.0 Å². The Morgan fingerprint density at radius 3 is 3.12 bits per heavy atom. The largest absolute Gasteiger partial charge is 0.296 e. The van der Waals surface area contributed by atoms with Crippen LogP contribution >= 0.6 is 22.9 Å². The Hall–Kier alpha value is -0.870. The van der Waals surface area contributed by atoms with Gasteiger partial charge in [0.05, 0.1) is 5.39 Å². The van der Waals surface area contributed by atoms with Gasteiger partial charge in [0, 0.05) is 18.3 Å². The van der Waals surface area contributed by atoms with Crippen molar-refractivity contribution in [1.82, 2.24) is 9.55 Å². The minimum absolute atomic E-state index is 0.0741. The summed E-state index contributed by atoms with van der Waals surface area (Å²) in [6, 6.07) is 0. The van der Waals surface area contributed by atoms with Crippen molar-refractivity contribution < 1.29 is 0 Å². The second kappa shape index (κ2) is 3.86. The molecule has 0 saturated heterocycles. The predicted molar refractivity (Wildman–Crippen MR) is 66.4 cm³/mol. The van der Waals surface area contributed by atoms with Crippen molar-refractivity contribution >= 4 is 33.8 Å². The van der Waals surface area contributed by atoms with E-state index in [1.807, 2.05) is 9.95 Å². The summed E-state index contributed by atoms with van der Waals surface area (Å²) in [7, 11) is 0. The molecule has 0 bridgehead atoms. The highest BCUT2D eigenvalue weighted by Crippen LogP contribution is 2.27. The highest BCUT2D eigenvalue weighted by molar-refractivity contribution is 7.16. The summed E-state index contributed by atoms with van der Waals surface area (Å²) >= 11 is 7.42. The van der Waals surface area contributed by atoms with Crippen LogP contribution in [0, 0.1) is 0 Å². The fourth-order valence-corrected chi connectivity index (χ4v) is 3.17. The Bertz CT molecular complexity index is 602.